The molecular formula is C29H48. The van der Waals surface area contributed by atoms with Crippen LogP contribution in [0.4, 0.5) is 0 Å². The Hall–Kier alpha value is -0.520. The summed E-state index contributed by atoms with van der Waals surface area (Å²) < 4.78 is 0. The minimum absolute atomic E-state index is 0.467. The number of hydrogen-bond acceptors (Lipinski definition) is 0. The van der Waals surface area contributed by atoms with E-state index in [1.54, 1.807) is 16.7 Å². The van der Waals surface area contributed by atoms with E-state index in [-0.39, 0.29) is 0 Å². The molecule has 2 fully saturated rings. The second-order valence-corrected chi connectivity index (χ2v) is 12.6. The summed E-state index contributed by atoms with van der Waals surface area (Å²) in [6.45, 7) is 17.5. The first-order valence-corrected chi connectivity index (χ1v) is 13.1. The van der Waals surface area contributed by atoms with Crippen LogP contribution in [0.3, 0.4) is 0 Å². The van der Waals surface area contributed by atoms with Gasteiger partial charge >= 0.3 is 0 Å². The van der Waals surface area contributed by atoms with Crippen molar-refractivity contribution in [2.24, 2.45) is 46.3 Å². The van der Waals surface area contributed by atoms with Gasteiger partial charge in [-0.05, 0) is 116 Å². The minimum atomic E-state index is 0.467. The minimum Gasteiger partial charge on any atom is -0.0802 e. The third-order valence-corrected chi connectivity index (χ3v) is 10.7. The van der Waals surface area contributed by atoms with Crippen LogP contribution in [0.15, 0.2) is 22.8 Å². The maximum absolute atomic E-state index is 2.72. The number of rotatable bonds is 5. The number of fused-ring (bicyclic) bond motifs is 5. The molecule has 164 valence electrons. The van der Waals surface area contributed by atoms with Gasteiger partial charge in [0, 0.05) is 0 Å². The Bertz CT molecular complexity index is 678. The van der Waals surface area contributed by atoms with Gasteiger partial charge in [0.15, 0.2) is 0 Å². The van der Waals surface area contributed by atoms with Gasteiger partial charge < -0.3 is 0 Å². The predicted octanol–water partition coefficient (Wildman–Crippen LogP) is 8.97. The molecule has 4 rings (SSSR count). The van der Waals surface area contributed by atoms with Gasteiger partial charge in [0.05, 0.1) is 0 Å². The summed E-state index contributed by atoms with van der Waals surface area (Å²) in [5, 5.41) is 0. The van der Waals surface area contributed by atoms with Gasteiger partial charge in [-0.2, -0.15) is 0 Å². The fourth-order valence-corrected chi connectivity index (χ4v) is 8.88. The van der Waals surface area contributed by atoms with Crippen molar-refractivity contribution >= 4 is 0 Å². The van der Waals surface area contributed by atoms with E-state index in [4.69, 9.17) is 0 Å². The summed E-state index contributed by atoms with van der Waals surface area (Å²) in [6.07, 6.45) is 17.2. The van der Waals surface area contributed by atoms with Crippen molar-refractivity contribution in [1.29, 1.82) is 0 Å². The first-order chi connectivity index (χ1) is 13.7. The molecule has 7 atom stereocenters. The van der Waals surface area contributed by atoms with E-state index in [1.807, 2.05) is 0 Å². The topological polar surface area (TPSA) is 0 Å². The second kappa shape index (κ2) is 7.87. The molecule has 4 unspecified atom stereocenters. The van der Waals surface area contributed by atoms with Gasteiger partial charge in [0.25, 0.3) is 0 Å². The third-order valence-electron chi connectivity index (χ3n) is 10.7. The van der Waals surface area contributed by atoms with Crippen molar-refractivity contribution in [2.45, 2.75) is 113 Å². The molecule has 0 aromatic heterocycles. The Kier molecular flexibility index (Phi) is 5.89. The highest BCUT2D eigenvalue weighted by Gasteiger charge is 2.58. The standard InChI is InChI=1S/C29H48/c1-19(2)9-8-10-21(4)24-13-14-26-23-11-12-25-22(5)20(3)15-17-29(25,7)27(23)16-18-28(24,26)6/h12,19,21,23-24,26-27H,8-11,13-18H2,1-7H3/t21?,23?,24-,26?,27?,28-,29+/m1/s1. The highest BCUT2D eigenvalue weighted by Crippen LogP contribution is 2.67. The van der Waals surface area contributed by atoms with Crippen molar-refractivity contribution in [3.8, 4) is 0 Å². The molecule has 4 aliphatic carbocycles. The normalized spacial score (nSPS) is 43.0. The summed E-state index contributed by atoms with van der Waals surface area (Å²) in [4.78, 5) is 0. The van der Waals surface area contributed by atoms with E-state index >= 15 is 0 Å². The third kappa shape index (κ3) is 3.49. The van der Waals surface area contributed by atoms with E-state index in [0.717, 1.165) is 35.5 Å². The highest BCUT2D eigenvalue weighted by molar-refractivity contribution is 5.43. The van der Waals surface area contributed by atoms with Crippen LogP contribution in [-0.2, 0) is 0 Å². The first-order valence-electron chi connectivity index (χ1n) is 13.1. The van der Waals surface area contributed by atoms with Gasteiger partial charge in [-0.15, -0.1) is 0 Å². The zero-order valence-corrected chi connectivity index (χ0v) is 20.6. The van der Waals surface area contributed by atoms with Crippen LogP contribution in [-0.4, -0.2) is 0 Å². The monoisotopic (exact) mass is 396 g/mol. The fraction of sp³-hybridized carbons (Fsp3) is 0.862. The summed E-state index contributed by atoms with van der Waals surface area (Å²) in [5.74, 6) is 5.66. The molecule has 0 N–H and O–H groups in total. The lowest BCUT2D eigenvalue weighted by molar-refractivity contribution is -0.0459. The molecule has 0 bridgehead atoms. The molecule has 0 amide bonds. The highest BCUT2D eigenvalue weighted by atomic mass is 14.6. The lowest BCUT2D eigenvalue weighted by Crippen LogP contribution is -2.50. The molecule has 0 aromatic carbocycles. The number of hydrogen-bond donors (Lipinski definition) is 0. The lowest BCUT2D eigenvalue weighted by Gasteiger charge is -2.58. The zero-order valence-electron chi connectivity index (χ0n) is 20.6. The van der Waals surface area contributed by atoms with E-state index in [0.29, 0.717) is 10.8 Å². The van der Waals surface area contributed by atoms with E-state index in [9.17, 15) is 0 Å². The van der Waals surface area contributed by atoms with Gasteiger partial charge in [0.2, 0.25) is 0 Å². The molecule has 2 saturated carbocycles. The maximum atomic E-state index is 2.72. The summed E-state index contributed by atoms with van der Waals surface area (Å²) in [7, 11) is 0. The lowest BCUT2D eigenvalue weighted by atomic mass is 9.46. The van der Waals surface area contributed by atoms with Gasteiger partial charge in [-0.25, -0.2) is 0 Å². The van der Waals surface area contributed by atoms with Crippen LogP contribution in [0, 0.1) is 46.3 Å². The van der Waals surface area contributed by atoms with E-state index in [1.165, 1.54) is 64.2 Å². The Morgan fingerprint density at radius 1 is 0.966 bits per heavy atom. The SMILES string of the molecule is CC1=C(C)C2=CCC3C(CC[C@@]4(C)C3CC[C@@H]4C(C)CCCC(C)C)[C@@]2(C)CC1. The smallest absolute Gasteiger partial charge is 0.00417 e. The maximum Gasteiger partial charge on any atom is -0.00417 e. The fourth-order valence-electron chi connectivity index (χ4n) is 8.88. The molecule has 0 saturated heterocycles. The molecule has 0 heteroatoms. The molecule has 29 heavy (non-hydrogen) atoms. The van der Waals surface area contributed by atoms with Crippen LogP contribution in [0.5, 0.6) is 0 Å². The largest absolute Gasteiger partial charge is 0.0802 e. The van der Waals surface area contributed by atoms with Gasteiger partial charge in [0.1, 0.15) is 0 Å². The molecule has 0 aliphatic heterocycles. The van der Waals surface area contributed by atoms with Crippen LogP contribution in [0.25, 0.3) is 0 Å². The van der Waals surface area contributed by atoms with Crippen LogP contribution >= 0.6 is 0 Å². The van der Waals surface area contributed by atoms with E-state index in [2.05, 4.69) is 54.5 Å². The molecule has 0 aromatic rings. The second-order valence-electron chi connectivity index (χ2n) is 12.6. The average Bonchev–Trinajstić information content (AvgIpc) is 3.02. The van der Waals surface area contributed by atoms with Crippen LogP contribution < -0.4 is 0 Å². The Balaban J connectivity index is 1.53. The van der Waals surface area contributed by atoms with Gasteiger partial charge in [-0.1, -0.05) is 65.5 Å². The Morgan fingerprint density at radius 2 is 1.72 bits per heavy atom. The molecule has 0 heterocycles. The van der Waals surface area contributed by atoms with Crippen molar-refractivity contribution in [1.82, 2.24) is 0 Å². The van der Waals surface area contributed by atoms with Crippen LogP contribution in [0.1, 0.15) is 113 Å². The zero-order chi connectivity index (χ0) is 21.0. The molecule has 0 radical (unpaired) electrons. The summed E-state index contributed by atoms with van der Waals surface area (Å²) in [6, 6.07) is 0. The predicted molar refractivity (Wildman–Crippen MR) is 127 cm³/mol. The van der Waals surface area contributed by atoms with Crippen molar-refractivity contribution in [2.75, 3.05) is 0 Å². The van der Waals surface area contributed by atoms with Crippen molar-refractivity contribution < 1.29 is 0 Å². The van der Waals surface area contributed by atoms with Crippen LogP contribution in [0.2, 0.25) is 0 Å². The van der Waals surface area contributed by atoms with Gasteiger partial charge in [-0.3, -0.25) is 0 Å². The Morgan fingerprint density at radius 3 is 2.45 bits per heavy atom. The Labute approximate surface area is 182 Å². The number of allylic oxidation sites excluding steroid dienone is 4. The van der Waals surface area contributed by atoms with Crippen molar-refractivity contribution in [3.63, 3.8) is 0 Å². The summed E-state index contributed by atoms with van der Waals surface area (Å²) >= 11 is 0. The first kappa shape index (κ1) is 21.7. The van der Waals surface area contributed by atoms with E-state index < -0.39 is 0 Å². The molecule has 0 spiro atoms. The molecule has 4 aliphatic rings. The summed E-state index contributed by atoms with van der Waals surface area (Å²) in [5.41, 5.74) is 6.14. The molecular weight excluding hydrogens is 348 g/mol. The quantitative estimate of drug-likeness (QED) is 0.435. The van der Waals surface area contributed by atoms with Crippen molar-refractivity contribution in [3.05, 3.63) is 22.8 Å². The molecule has 0 nitrogen and oxygen atoms in total. The average molecular weight is 397 g/mol.